The van der Waals surface area contributed by atoms with Crippen molar-refractivity contribution in [3.05, 3.63) is 71.9 Å². The molecular formula is C23H27N3O2. The van der Waals surface area contributed by atoms with E-state index in [4.69, 9.17) is 4.74 Å². The van der Waals surface area contributed by atoms with Gasteiger partial charge >= 0.3 is 6.03 Å². The summed E-state index contributed by atoms with van der Waals surface area (Å²) in [5.74, 6) is 0.420. The van der Waals surface area contributed by atoms with Gasteiger partial charge in [-0.25, -0.2) is 4.79 Å². The molecule has 2 heterocycles. The van der Waals surface area contributed by atoms with Gasteiger partial charge in [-0.3, -0.25) is 0 Å². The first-order valence-electron chi connectivity index (χ1n) is 9.99. The standard InChI is InChI=1S/C23H27N3O2/c27-23(24-12-10-20-14-25-22-9-5-4-8-21(20)22)26-13-11-19(15-26)17-28-16-18-6-2-1-3-7-18/h1-9,14,19,25H,10-13,15-17H2,(H,24,27). The fourth-order valence-electron chi connectivity index (χ4n) is 3.83. The summed E-state index contributed by atoms with van der Waals surface area (Å²) in [6.45, 7) is 3.56. The van der Waals surface area contributed by atoms with E-state index in [1.807, 2.05) is 41.4 Å². The molecule has 0 radical (unpaired) electrons. The molecule has 146 valence electrons. The van der Waals surface area contributed by atoms with E-state index in [9.17, 15) is 4.79 Å². The Balaban J connectivity index is 1.17. The summed E-state index contributed by atoms with van der Waals surface area (Å²) in [7, 11) is 0. The first-order valence-corrected chi connectivity index (χ1v) is 9.99. The molecule has 2 N–H and O–H groups in total. The molecule has 1 aliphatic heterocycles. The molecule has 1 aliphatic rings. The van der Waals surface area contributed by atoms with Crippen molar-refractivity contribution in [1.29, 1.82) is 0 Å². The number of hydrogen-bond donors (Lipinski definition) is 2. The number of nitrogens with zero attached hydrogens (tertiary/aromatic N) is 1. The summed E-state index contributed by atoms with van der Waals surface area (Å²) in [5, 5.41) is 4.29. The lowest BCUT2D eigenvalue weighted by Gasteiger charge is -2.17. The summed E-state index contributed by atoms with van der Waals surface area (Å²) in [6, 6.07) is 18.5. The largest absolute Gasteiger partial charge is 0.376 e. The van der Waals surface area contributed by atoms with Crippen molar-refractivity contribution < 1.29 is 9.53 Å². The van der Waals surface area contributed by atoms with Gasteiger partial charge < -0.3 is 19.9 Å². The summed E-state index contributed by atoms with van der Waals surface area (Å²) >= 11 is 0. The van der Waals surface area contributed by atoms with Crippen molar-refractivity contribution >= 4 is 16.9 Å². The molecule has 1 aromatic heterocycles. The Morgan fingerprint density at radius 2 is 1.96 bits per heavy atom. The second-order valence-electron chi connectivity index (χ2n) is 7.44. The van der Waals surface area contributed by atoms with Gasteiger partial charge in [-0.15, -0.1) is 0 Å². The fourth-order valence-corrected chi connectivity index (χ4v) is 3.83. The average Bonchev–Trinajstić information content (AvgIpc) is 3.36. The molecule has 1 saturated heterocycles. The van der Waals surface area contributed by atoms with Gasteiger partial charge in [0.25, 0.3) is 0 Å². The molecule has 0 bridgehead atoms. The van der Waals surface area contributed by atoms with Crippen molar-refractivity contribution in [2.45, 2.75) is 19.4 Å². The lowest BCUT2D eigenvalue weighted by molar-refractivity contribution is 0.0897. The van der Waals surface area contributed by atoms with Crippen LogP contribution in [0, 0.1) is 5.92 Å². The third-order valence-corrected chi connectivity index (χ3v) is 5.38. The summed E-state index contributed by atoms with van der Waals surface area (Å²) in [6.07, 6.45) is 3.87. The number of hydrogen-bond acceptors (Lipinski definition) is 2. The first kappa shape index (κ1) is 18.6. The minimum absolute atomic E-state index is 0.0328. The molecule has 28 heavy (non-hydrogen) atoms. The fraction of sp³-hybridized carbons (Fsp3) is 0.348. The zero-order chi connectivity index (χ0) is 19.2. The van der Waals surface area contributed by atoms with Crippen LogP contribution in [-0.4, -0.2) is 42.2 Å². The molecule has 4 rings (SSSR count). The zero-order valence-corrected chi connectivity index (χ0v) is 16.1. The Hall–Kier alpha value is -2.79. The quantitative estimate of drug-likeness (QED) is 0.655. The van der Waals surface area contributed by atoms with Crippen LogP contribution in [0.4, 0.5) is 4.79 Å². The van der Waals surface area contributed by atoms with E-state index >= 15 is 0 Å². The third kappa shape index (κ3) is 4.54. The topological polar surface area (TPSA) is 57.4 Å². The maximum absolute atomic E-state index is 12.4. The number of urea groups is 1. The lowest BCUT2D eigenvalue weighted by atomic mass is 10.1. The van der Waals surface area contributed by atoms with Gasteiger partial charge in [0.2, 0.25) is 0 Å². The third-order valence-electron chi connectivity index (χ3n) is 5.38. The highest BCUT2D eigenvalue weighted by Gasteiger charge is 2.26. The van der Waals surface area contributed by atoms with Gasteiger partial charge in [0.05, 0.1) is 13.2 Å². The Bertz CT molecular complexity index is 906. The second-order valence-corrected chi connectivity index (χ2v) is 7.44. The van der Waals surface area contributed by atoms with Gasteiger partial charge in [-0.2, -0.15) is 0 Å². The van der Waals surface area contributed by atoms with Gasteiger partial charge in [0, 0.05) is 42.7 Å². The Labute approximate surface area is 165 Å². The highest BCUT2D eigenvalue weighted by molar-refractivity contribution is 5.83. The van der Waals surface area contributed by atoms with Crippen molar-refractivity contribution in [2.24, 2.45) is 5.92 Å². The highest BCUT2D eigenvalue weighted by atomic mass is 16.5. The van der Waals surface area contributed by atoms with E-state index in [0.29, 0.717) is 25.7 Å². The predicted octanol–water partition coefficient (Wildman–Crippen LogP) is 3.96. The number of carbonyl (C=O) groups excluding carboxylic acids is 1. The van der Waals surface area contributed by atoms with Crippen LogP contribution in [-0.2, 0) is 17.8 Å². The normalized spacial score (nSPS) is 16.6. The number of para-hydroxylation sites is 1. The number of nitrogens with one attached hydrogen (secondary N) is 2. The smallest absolute Gasteiger partial charge is 0.317 e. The minimum Gasteiger partial charge on any atom is -0.376 e. The predicted molar refractivity (Wildman–Crippen MR) is 111 cm³/mol. The molecule has 1 atom stereocenters. The maximum atomic E-state index is 12.4. The molecule has 5 nitrogen and oxygen atoms in total. The summed E-state index contributed by atoms with van der Waals surface area (Å²) < 4.78 is 5.84. The molecule has 0 saturated carbocycles. The van der Waals surface area contributed by atoms with E-state index < -0.39 is 0 Å². The van der Waals surface area contributed by atoms with Gasteiger partial charge in [0.15, 0.2) is 0 Å². The summed E-state index contributed by atoms with van der Waals surface area (Å²) in [4.78, 5) is 17.6. The van der Waals surface area contributed by atoms with Crippen LogP contribution in [0.2, 0.25) is 0 Å². The maximum Gasteiger partial charge on any atom is 0.317 e. The molecule has 2 aromatic carbocycles. The van der Waals surface area contributed by atoms with Crippen LogP contribution < -0.4 is 5.32 Å². The number of benzene rings is 2. The van der Waals surface area contributed by atoms with Crippen LogP contribution in [0.1, 0.15) is 17.5 Å². The van der Waals surface area contributed by atoms with E-state index in [2.05, 4.69) is 34.6 Å². The van der Waals surface area contributed by atoms with Crippen LogP contribution in [0.25, 0.3) is 10.9 Å². The van der Waals surface area contributed by atoms with Gasteiger partial charge in [-0.1, -0.05) is 48.5 Å². The number of rotatable bonds is 7. The molecule has 0 aliphatic carbocycles. The van der Waals surface area contributed by atoms with Crippen LogP contribution in [0.3, 0.4) is 0 Å². The number of ether oxygens (including phenoxy) is 1. The van der Waals surface area contributed by atoms with E-state index in [1.165, 1.54) is 16.5 Å². The number of aromatic nitrogens is 1. The molecule has 1 fully saturated rings. The molecule has 0 spiro atoms. The number of likely N-dealkylation sites (tertiary alicyclic amines) is 1. The van der Waals surface area contributed by atoms with E-state index in [1.54, 1.807) is 0 Å². The van der Waals surface area contributed by atoms with Gasteiger partial charge in [-0.05, 0) is 30.0 Å². The minimum atomic E-state index is 0.0328. The number of carbonyl (C=O) groups is 1. The van der Waals surface area contributed by atoms with Crippen LogP contribution in [0.15, 0.2) is 60.8 Å². The zero-order valence-electron chi connectivity index (χ0n) is 16.1. The lowest BCUT2D eigenvalue weighted by Crippen LogP contribution is -2.39. The number of aromatic amines is 1. The second kappa shape index (κ2) is 8.93. The molecule has 1 unspecified atom stereocenters. The highest BCUT2D eigenvalue weighted by Crippen LogP contribution is 2.19. The van der Waals surface area contributed by atoms with Crippen molar-refractivity contribution in [2.75, 3.05) is 26.2 Å². The molecule has 3 aromatic rings. The Morgan fingerprint density at radius 3 is 2.86 bits per heavy atom. The SMILES string of the molecule is O=C(NCCc1c[nH]c2ccccc12)N1CCC(COCc2ccccc2)C1. The van der Waals surface area contributed by atoms with Crippen LogP contribution in [0.5, 0.6) is 0 Å². The monoisotopic (exact) mass is 377 g/mol. The van der Waals surface area contributed by atoms with E-state index in [-0.39, 0.29) is 6.03 Å². The number of amides is 2. The summed E-state index contributed by atoms with van der Waals surface area (Å²) in [5.41, 5.74) is 3.57. The molecule has 2 amide bonds. The number of fused-ring (bicyclic) bond motifs is 1. The van der Waals surface area contributed by atoms with Gasteiger partial charge in [0.1, 0.15) is 0 Å². The Kier molecular flexibility index (Phi) is 5.92. The van der Waals surface area contributed by atoms with E-state index in [0.717, 1.165) is 31.4 Å². The average molecular weight is 377 g/mol. The van der Waals surface area contributed by atoms with Crippen molar-refractivity contribution in [1.82, 2.24) is 15.2 Å². The molecular weight excluding hydrogens is 350 g/mol. The first-order chi connectivity index (χ1) is 13.8. The van der Waals surface area contributed by atoms with Crippen molar-refractivity contribution in [3.63, 3.8) is 0 Å². The number of H-pyrrole nitrogens is 1. The van der Waals surface area contributed by atoms with Crippen molar-refractivity contribution in [3.8, 4) is 0 Å². The Morgan fingerprint density at radius 1 is 1.14 bits per heavy atom. The van der Waals surface area contributed by atoms with Crippen LogP contribution >= 0.6 is 0 Å². The molecule has 5 heteroatoms.